The number of primary amides is 1. The zero-order chi connectivity index (χ0) is 17.5. The summed E-state index contributed by atoms with van der Waals surface area (Å²) in [6, 6.07) is 9.88. The van der Waals surface area contributed by atoms with Crippen molar-refractivity contribution in [1.29, 1.82) is 0 Å². The van der Waals surface area contributed by atoms with Crippen LogP contribution >= 0.6 is 11.8 Å². The summed E-state index contributed by atoms with van der Waals surface area (Å²) in [5.41, 5.74) is 5.53. The van der Waals surface area contributed by atoms with Gasteiger partial charge in [0.15, 0.2) is 0 Å². The Morgan fingerprint density at radius 1 is 1.08 bits per heavy atom. The van der Waals surface area contributed by atoms with E-state index in [-0.39, 0.29) is 18.0 Å². The second kappa shape index (κ2) is 8.30. The molecule has 0 spiro atoms. The Morgan fingerprint density at radius 3 is 2.58 bits per heavy atom. The van der Waals surface area contributed by atoms with Gasteiger partial charge in [-0.3, -0.25) is 9.59 Å². The molecule has 0 fully saturated rings. The van der Waals surface area contributed by atoms with Crippen LogP contribution in [0.3, 0.4) is 0 Å². The number of nitrogens with two attached hydrogens (primary N) is 1. The van der Waals surface area contributed by atoms with Gasteiger partial charge in [-0.2, -0.15) is 0 Å². The molecule has 126 valence electrons. The Morgan fingerprint density at radius 2 is 1.83 bits per heavy atom. The molecule has 0 aliphatic heterocycles. The van der Waals surface area contributed by atoms with E-state index in [4.69, 9.17) is 5.73 Å². The van der Waals surface area contributed by atoms with Gasteiger partial charge in [-0.05, 0) is 24.3 Å². The number of carbonyl (C=O) groups is 2. The topological polar surface area (TPSA) is 84.2 Å². The summed E-state index contributed by atoms with van der Waals surface area (Å²) in [6.45, 7) is -0.149. The quantitative estimate of drug-likeness (QED) is 0.670. The fraction of sp³-hybridized carbons (Fsp3) is 0.125. The first-order valence-electron chi connectivity index (χ1n) is 6.94. The van der Waals surface area contributed by atoms with Crippen LogP contribution in [0.2, 0.25) is 0 Å². The molecule has 24 heavy (non-hydrogen) atoms. The van der Waals surface area contributed by atoms with Crippen molar-refractivity contribution >= 4 is 35.0 Å². The van der Waals surface area contributed by atoms with E-state index in [1.807, 2.05) is 0 Å². The van der Waals surface area contributed by atoms with Gasteiger partial charge < -0.3 is 16.4 Å². The fourth-order valence-electron chi connectivity index (χ4n) is 1.85. The Labute approximate surface area is 141 Å². The third-order valence-corrected chi connectivity index (χ3v) is 3.99. The van der Waals surface area contributed by atoms with Crippen molar-refractivity contribution in [1.82, 2.24) is 0 Å². The summed E-state index contributed by atoms with van der Waals surface area (Å²) >= 11 is 1.24. The van der Waals surface area contributed by atoms with Crippen molar-refractivity contribution in [2.24, 2.45) is 5.73 Å². The summed E-state index contributed by atoms with van der Waals surface area (Å²) in [5, 5.41) is 5.18. The van der Waals surface area contributed by atoms with E-state index in [0.717, 1.165) is 23.1 Å². The third-order valence-electron chi connectivity index (χ3n) is 2.90. The zero-order valence-corrected chi connectivity index (χ0v) is 13.3. The smallest absolute Gasteiger partial charge is 0.243 e. The number of thioether (sulfide) groups is 1. The molecular formula is C16H15F2N3O2S. The van der Waals surface area contributed by atoms with Gasteiger partial charge in [-0.15, -0.1) is 11.8 Å². The highest BCUT2D eigenvalue weighted by molar-refractivity contribution is 8.00. The highest BCUT2D eigenvalue weighted by Gasteiger charge is 2.10. The lowest BCUT2D eigenvalue weighted by Crippen LogP contribution is -2.22. The molecule has 5 nitrogen and oxygen atoms in total. The molecule has 2 aromatic rings. The first-order valence-corrected chi connectivity index (χ1v) is 7.93. The highest BCUT2D eigenvalue weighted by atomic mass is 32.2. The van der Waals surface area contributed by atoms with E-state index in [1.165, 1.54) is 11.8 Å². The molecule has 4 N–H and O–H groups in total. The molecule has 0 bridgehead atoms. The van der Waals surface area contributed by atoms with E-state index in [9.17, 15) is 18.4 Å². The number of halogens is 2. The number of benzene rings is 2. The highest BCUT2D eigenvalue weighted by Crippen LogP contribution is 2.26. The molecule has 0 saturated heterocycles. The minimum Gasteiger partial charge on any atom is -0.375 e. The monoisotopic (exact) mass is 351 g/mol. The van der Waals surface area contributed by atoms with Crippen molar-refractivity contribution in [2.45, 2.75) is 4.90 Å². The molecule has 0 saturated carbocycles. The van der Waals surface area contributed by atoms with Crippen LogP contribution in [0.4, 0.5) is 20.2 Å². The Kier molecular flexibility index (Phi) is 6.14. The summed E-state index contributed by atoms with van der Waals surface area (Å²) in [4.78, 5) is 23.5. The summed E-state index contributed by atoms with van der Waals surface area (Å²) in [6.07, 6.45) is 0. The molecular weight excluding hydrogens is 336 g/mol. The Hall–Kier alpha value is -2.61. The number of rotatable bonds is 7. The van der Waals surface area contributed by atoms with Gasteiger partial charge in [0, 0.05) is 16.6 Å². The fourth-order valence-corrected chi connectivity index (χ4v) is 2.62. The van der Waals surface area contributed by atoms with Crippen LogP contribution in [-0.2, 0) is 9.59 Å². The minimum absolute atomic E-state index is 0.111. The van der Waals surface area contributed by atoms with Crippen molar-refractivity contribution in [2.75, 3.05) is 22.9 Å². The number of hydrogen-bond acceptors (Lipinski definition) is 4. The average molecular weight is 351 g/mol. The first kappa shape index (κ1) is 17.7. The molecule has 0 atom stereocenters. The molecule has 2 rings (SSSR count). The van der Waals surface area contributed by atoms with Crippen molar-refractivity contribution in [3.63, 3.8) is 0 Å². The molecule has 0 aliphatic carbocycles. The second-order valence-electron chi connectivity index (χ2n) is 4.78. The lowest BCUT2D eigenvalue weighted by atomic mass is 10.3. The Bertz CT molecular complexity index is 756. The molecule has 0 aliphatic rings. The molecule has 0 radical (unpaired) electrons. The van der Waals surface area contributed by atoms with Gasteiger partial charge >= 0.3 is 0 Å². The first-order chi connectivity index (χ1) is 11.5. The second-order valence-corrected chi connectivity index (χ2v) is 5.79. The van der Waals surface area contributed by atoms with E-state index in [0.29, 0.717) is 5.69 Å². The number of hydrogen-bond donors (Lipinski definition) is 3. The van der Waals surface area contributed by atoms with Crippen LogP contribution in [0.25, 0.3) is 0 Å². The van der Waals surface area contributed by atoms with E-state index in [1.54, 1.807) is 24.3 Å². The van der Waals surface area contributed by atoms with Gasteiger partial charge in [0.25, 0.3) is 0 Å². The summed E-state index contributed by atoms with van der Waals surface area (Å²) < 4.78 is 26.6. The van der Waals surface area contributed by atoms with Crippen LogP contribution in [0, 0.1) is 11.6 Å². The lowest BCUT2D eigenvalue weighted by Gasteiger charge is -2.11. The molecule has 8 heteroatoms. The van der Waals surface area contributed by atoms with Gasteiger partial charge in [-0.25, -0.2) is 8.78 Å². The number of carbonyl (C=O) groups excluding carboxylic acids is 2. The largest absolute Gasteiger partial charge is 0.375 e. The number of anilines is 2. The third kappa shape index (κ3) is 5.24. The van der Waals surface area contributed by atoms with Gasteiger partial charge in [0.2, 0.25) is 11.8 Å². The summed E-state index contributed by atoms with van der Waals surface area (Å²) in [5.74, 6) is -2.24. The molecule has 0 unspecified atom stereocenters. The normalized spacial score (nSPS) is 10.2. The molecule has 0 aromatic heterocycles. The standard InChI is InChI=1S/C16H15F2N3O2S/c17-10-5-6-11(18)13(7-10)21-16(23)8-20-12-3-1-2-4-14(12)24-9-15(19)22/h1-7,20H,8-9H2,(H2,19,22)(H,21,23). The van der Waals surface area contributed by atoms with Crippen molar-refractivity contribution in [3.05, 3.63) is 54.1 Å². The van der Waals surface area contributed by atoms with E-state index >= 15 is 0 Å². The van der Waals surface area contributed by atoms with Crippen LogP contribution in [-0.4, -0.2) is 24.1 Å². The van der Waals surface area contributed by atoms with Crippen LogP contribution in [0.1, 0.15) is 0 Å². The molecule has 2 aromatic carbocycles. The number of amides is 2. The Balaban J connectivity index is 1.96. The van der Waals surface area contributed by atoms with E-state index < -0.39 is 23.4 Å². The van der Waals surface area contributed by atoms with Crippen molar-refractivity contribution in [3.8, 4) is 0 Å². The minimum atomic E-state index is -0.720. The number of nitrogens with one attached hydrogen (secondary N) is 2. The average Bonchev–Trinajstić information content (AvgIpc) is 2.55. The SMILES string of the molecule is NC(=O)CSc1ccccc1NCC(=O)Nc1cc(F)ccc1F. The van der Waals surface area contributed by atoms with Crippen molar-refractivity contribution < 1.29 is 18.4 Å². The zero-order valence-electron chi connectivity index (χ0n) is 12.5. The predicted molar refractivity (Wildman–Crippen MR) is 89.8 cm³/mol. The molecule has 2 amide bonds. The summed E-state index contributed by atoms with van der Waals surface area (Å²) in [7, 11) is 0. The van der Waals surface area contributed by atoms with Crippen LogP contribution in [0.15, 0.2) is 47.4 Å². The number of para-hydroxylation sites is 1. The molecule has 0 heterocycles. The maximum atomic E-state index is 13.5. The van der Waals surface area contributed by atoms with Gasteiger partial charge in [-0.1, -0.05) is 12.1 Å². The lowest BCUT2D eigenvalue weighted by molar-refractivity contribution is -0.116. The van der Waals surface area contributed by atoms with E-state index in [2.05, 4.69) is 10.6 Å². The predicted octanol–water partition coefficient (Wildman–Crippen LogP) is 2.59. The maximum Gasteiger partial charge on any atom is 0.243 e. The van der Waals surface area contributed by atoms with Crippen LogP contribution in [0.5, 0.6) is 0 Å². The maximum absolute atomic E-state index is 13.5. The van der Waals surface area contributed by atoms with Gasteiger partial charge in [0.05, 0.1) is 18.0 Å². The van der Waals surface area contributed by atoms with Crippen LogP contribution < -0.4 is 16.4 Å². The van der Waals surface area contributed by atoms with Gasteiger partial charge in [0.1, 0.15) is 11.6 Å².